The van der Waals surface area contributed by atoms with E-state index in [1.807, 2.05) is 18.3 Å². The van der Waals surface area contributed by atoms with Crippen LogP contribution in [0, 0.1) is 0 Å². The van der Waals surface area contributed by atoms with Crippen molar-refractivity contribution in [1.82, 2.24) is 5.32 Å². The molecule has 3 rings (SSSR count). The highest BCUT2D eigenvalue weighted by Gasteiger charge is 2.26. The number of H-pyrrole nitrogens is 1. The Kier molecular flexibility index (Phi) is 5.60. The Hall–Kier alpha value is -1.92. The van der Waals surface area contributed by atoms with Crippen LogP contribution in [0.15, 0.2) is 41.9 Å². The summed E-state index contributed by atoms with van der Waals surface area (Å²) in [6.07, 6.45) is 2.88. The summed E-state index contributed by atoms with van der Waals surface area (Å²) in [5.74, 6) is 1.32. The molecule has 1 aliphatic rings. The van der Waals surface area contributed by atoms with Crippen molar-refractivity contribution in [2.45, 2.75) is 6.42 Å². The quantitative estimate of drug-likeness (QED) is 0.758. The Morgan fingerprint density at radius 2 is 2.13 bits per heavy atom. The average molecular weight is 332 g/mol. The monoisotopic (exact) mass is 332 g/mol. The number of aromatic amines is 1. The number of amides is 1. The molecule has 1 fully saturated rings. The molecule has 0 spiro atoms. The Morgan fingerprint density at radius 3 is 2.83 bits per heavy atom. The molecule has 1 aliphatic heterocycles. The van der Waals surface area contributed by atoms with E-state index in [0.717, 1.165) is 45.0 Å². The van der Waals surface area contributed by atoms with E-state index >= 15 is 0 Å². The zero-order valence-electron chi connectivity index (χ0n) is 13.3. The molecule has 5 nitrogen and oxygen atoms in total. The van der Waals surface area contributed by atoms with Crippen LogP contribution in [0.4, 0.5) is 5.82 Å². The van der Waals surface area contributed by atoms with Crippen molar-refractivity contribution in [3.05, 3.63) is 46.8 Å². The summed E-state index contributed by atoms with van der Waals surface area (Å²) < 4.78 is 0. The molecule has 2 aromatic rings. The smallest absolute Gasteiger partial charge is 0.275 e. The van der Waals surface area contributed by atoms with Crippen molar-refractivity contribution >= 4 is 23.1 Å². The van der Waals surface area contributed by atoms with Gasteiger partial charge in [0, 0.05) is 17.5 Å². The number of nitrogens with one attached hydrogen (secondary N) is 3. The van der Waals surface area contributed by atoms with E-state index in [0.29, 0.717) is 6.54 Å². The first-order valence-corrected chi connectivity index (χ1v) is 9.03. The number of quaternary nitrogens is 1. The molecule has 0 aromatic carbocycles. The van der Waals surface area contributed by atoms with Gasteiger partial charge in [-0.3, -0.25) is 9.69 Å². The molecule has 0 aliphatic carbocycles. The van der Waals surface area contributed by atoms with Crippen molar-refractivity contribution in [2.75, 3.05) is 44.2 Å². The Bertz CT molecular complexity index is 594. The molecule has 0 bridgehead atoms. The number of aromatic nitrogens is 1. The number of carbonyl (C=O) groups excluding carboxylic acids is 1. The average Bonchev–Trinajstić information content (AvgIpc) is 3.10. The fraction of sp³-hybridized carbons (Fsp3) is 0.412. The van der Waals surface area contributed by atoms with Crippen molar-refractivity contribution < 1.29 is 14.7 Å². The zero-order chi connectivity index (χ0) is 15.9. The second-order valence-electron chi connectivity index (χ2n) is 5.84. The van der Waals surface area contributed by atoms with Crippen molar-refractivity contribution in [3.8, 4) is 0 Å². The minimum absolute atomic E-state index is 0.163. The van der Waals surface area contributed by atoms with Crippen LogP contribution in [0.25, 0.3) is 0 Å². The van der Waals surface area contributed by atoms with Gasteiger partial charge in [-0.05, 0) is 23.9 Å². The predicted molar refractivity (Wildman–Crippen MR) is 91.8 cm³/mol. The largest absolute Gasteiger partial charge is 0.351 e. The fourth-order valence-electron chi connectivity index (χ4n) is 2.89. The van der Waals surface area contributed by atoms with Crippen LogP contribution >= 0.6 is 11.3 Å². The van der Waals surface area contributed by atoms with E-state index in [1.54, 1.807) is 11.3 Å². The van der Waals surface area contributed by atoms with Gasteiger partial charge < -0.3 is 10.2 Å². The molecule has 0 atom stereocenters. The topological polar surface area (TPSA) is 50.9 Å². The van der Waals surface area contributed by atoms with Crippen LogP contribution < -0.4 is 20.1 Å². The summed E-state index contributed by atoms with van der Waals surface area (Å²) in [6, 6.07) is 10.3. The molecule has 23 heavy (non-hydrogen) atoms. The predicted octanol–water partition coefficient (Wildman–Crippen LogP) is -0.374. The number of rotatable bonds is 6. The zero-order valence-corrected chi connectivity index (χ0v) is 14.1. The molecular weight excluding hydrogens is 308 g/mol. The summed E-state index contributed by atoms with van der Waals surface area (Å²) in [5.41, 5.74) is 0. The van der Waals surface area contributed by atoms with Gasteiger partial charge in [-0.25, -0.2) is 4.98 Å². The second kappa shape index (κ2) is 8.08. The molecule has 3 heterocycles. The first kappa shape index (κ1) is 16.0. The van der Waals surface area contributed by atoms with E-state index in [9.17, 15) is 4.79 Å². The number of anilines is 1. The second-order valence-corrected chi connectivity index (χ2v) is 6.87. The maximum Gasteiger partial charge on any atom is 0.275 e. The van der Waals surface area contributed by atoms with Gasteiger partial charge in [-0.1, -0.05) is 12.1 Å². The van der Waals surface area contributed by atoms with Gasteiger partial charge >= 0.3 is 0 Å². The lowest BCUT2D eigenvalue weighted by molar-refractivity contribution is -0.892. The molecule has 122 valence electrons. The lowest BCUT2D eigenvalue weighted by atomic mass is 10.3. The minimum atomic E-state index is 0.163. The third-order valence-electron chi connectivity index (χ3n) is 4.19. The number of hydrogen-bond acceptors (Lipinski definition) is 3. The maximum absolute atomic E-state index is 12.0. The lowest BCUT2D eigenvalue weighted by Crippen LogP contribution is -3.16. The third-order valence-corrected chi connectivity index (χ3v) is 5.12. The highest BCUT2D eigenvalue weighted by atomic mass is 32.1. The molecular formula is C17H24N4OS+2. The van der Waals surface area contributed by atoms with Gasteiger partial charge in [0.2, 0.25) is 0 Å². The van der Waals surface area contributed by atoms with Crippen LogP contribution in [0.1, 0.15) is 4.88 Å². The minimum Gasteiger partial charge on any atom is -0.351 e. The van der Waals surface area contributed by atoms with E-state index in [1.165, 1.54) is 9.78 Å². The molecule has 1 amide bonds. The fourth-order valence-corrected chi connectivity index (χ4v) is 3.60. The van der Waals surface area contributed by atoms with Crippen LogP contribution in [0.5, 0.6) is 0 Å². The SMILES string of the molecule is O=C(C[NH+]1CCN(c2cccc[nH+]2)CC1)NCCc1cccs1. The van der Waals surface area contributed by atoms with Crippen molar-refractivity contribution in [2.24, 2.45) is 0 Å². The van der Waals surface area contributed by atoms with Crippen molar-refractivity contribution in [1.29, 1.82) is 0 Å². The Labute approximate surface area is 140 Å². The normalized spacial score (nSPS) is 15.6. The third kappa shape index (κ3) is 4.77. The van der Waals surface area contributed by atoms with E-state index < -0.39 is 0 Å². The summed E-state index contributed by atoms with van der Waals surface area (Å²) in [7, 11) is 0. The first-order chi connectivity index (χ1) is 11.3. The van der Waals surface area contributed by atoms with Gasteiger partial charge in [0.1, 0.15) is 26.2 Å². The number of hydrogen-bond donors (Lipinski definition) is 2. The maximum atomic E-state index is 12.0. The number of thiophene rings is 1. The molecule has 6 heteroatoms. The van der Waals surface area contributed by atoms with Crippen LogP contribution in [0.3, 0.4) is 0 Å². The van der Waals surface area contributed by atoms with Gasteiger partial charge in [0.25, 0.3) is 11.7 Å². The first-order valence-electron chi connectivity index (χ1n) is 8.15. The highest BCUT2D eigenvalue weighted by molar-refractivity contribution is 7.09. The summed E-state index contributed by atoms with van der Waals surface area (Å²) in [4.78, 5) is 20.4. The molecule has 1 saturated heterocycles. The summed E-state index contributed by atoms with van der Waals surface area (Å²) >= 11 is 1.74. The molecule has 3 N–H and O–H groups in total. The van der Waals surface area contributed by atoms with Gasteiger partial charge in [0.15, 0.2) is 6.54 Å². The Balaban J connectivity index is 1.36. The van der Waals surface area contributed by atoms with Crippen molar-refractivity contribution in [3.63, 3.8) is 0 Å². The van der Waals surface area contributed by atoms with Gasteiger partial charge in [0.05, 0.1) is 6.20 Å². The van der Waals surface area contributed by atoms with Gasteiger partial charge in [-0.15, -0.1) is 11.3 Å². The van der Waals surface area contributed by atoms with E-state index in [2.05, 4.69) is 38.8 Å². The lowest BCUT2D eigenvalue weighted by Gasteiger charge is -2.27. The summed E-state index contributed by atoms with van der Waals surface area (Å²) in [6.45, 7) is 5.29. The molecule has 0 radical (unpaired) electrons. The Morgan fingerprint density at radius 1 is 1.26 bits per heavy atom. The van der Waals surface area contributed by atoms with Crippen LogP contribution in [-0.4, -0.2) is 45.2 Å². The molecule has 2 aromatic heterocycles. The number of pyridine rings is 1. The van der Waals surface area contributed by atoms with Crippen LogP contribution in [0.2, 0.25) is 0 Å². The molecule has 0 unspecified atom stereocenters. The van der Waals surface area contributed by atoms with Gasteiger partial charge in [-0.2, -0.15) is 0 Å². The number of carbonyl (C=O) groups is 1. The molecule has 0 saturated carbocycles. The van der Waals surface area contributed by atoms with Crippen LogP contribution in [-0.2, 0) is 11.2 Å². The number of piperazine rings is 1. The van der Waals surface area contributed by atoms with E-state index in [4.69, 9.17) is 0 Å². The number of nitrogens with zero attached hydrogens (tertiary/aromatic N) is 1. The summed E-state index contributed by atoms with van der Waals surface area (Å²) in [5, 5.41) is 5.11. The standard InChI is InChI=1S/C17H22N4OS/c22-17(19-8-6-15-4-3-13-23-15)14-20-9-11-21(12-10-20)16-5-1-2-7-18-16/h1-5,7,13H,6,8-12,14H2,(H,19,22)/p+2. The highest BCUT2D eigenvalue weighted by Crippen LogP contribution is 2.08. The van der Waals surface area contributed by atoms with E-state index in [-0.39, 0.29) is 5.91 Å².